The first kappa shape index (κ1) is 17.7. The van der Waals surface area contributed by atoms with Gasteiger partial charge in [0.25, 0.3) is 0 Å². The highest BCUT2D eigenvalue weighted by atomic mass is 16.5. The number of nitrogens with zero attached hydrogens (tertiary/aromatic N) is 3. The molecular formula is C22H19N3O3. The lowest BCUT2D eigenvalue weighted by molar-refractivity contribution is 0.355. The summed E-state index contributed by atoms with van der Waals surface area (Å²) in [5.41, 5.74) is 4.64. The highest BCUT2D eigenvalue weighted by molar-refractivity contribution is 5.95. The summed E-state index contributed by atoms with van der Waals surface area (Å²) in [4.78, 5) is 13.2. The molecule has 2 aromatic heterocycles. The lowest BCUT2D eigenvalue weighted by atomic mass is 10.0. The number of aromatic nitrogens is 3. The molecule has 4 rings (SSSR count). The van der Waals surface area contributed by atoms with Crippen LogP contribution in [0.5, 0.6) is 17.4 Å². The molecule has 0 fully saturated rings. The summed E-state index contributed by atoms with van der Waals surface area (Å²) in [5.74, 6) is 1.91. The SMILES string of the molecule is COc1ccc(-c2ccc3ncnc(-c4ccc(OC)c(OC)c4)c3c2)cn1. The average molecular weight is 373 g/mol. The van der Waals surface area contributed by atoms with E-state index in [1.165, 1.54) is 0 Å². The van der Waals surface area contributed by atoms with Crippen molar-refractivity contribution in [1.82, 2.24) is 15.0 Å². The lowest BCUT2D eigenvalue weighted by Gasteiger charge is -2.11. The third-order valence-corrected chi connectivity index (χ3v) is 4.57. The molecule has 2 aromatic carbocycles. The van der Waals surface area contributed by atoms with Gasteiger partial charge in [0.1, 0.15) is 6.33 Å². The van der Waals surface area contributed by atoms with E-state index in [0.29, 0.717) is 17.4 Å². The minimum atomic E-state index is 0.582. The van der Waals surface area contributed by atoms with Crippen LogP contribution in [-0.4, -0.2) is 36.3 Å². The molecular weight excluding hydrogens is 354 g/mol. The van der Waals surface area contributed by atoms with Crippen molar-refractivity contribution in [3.63, 3.8) is 0 Å². The molecule has 0 radical (unpaired) electrons. The van der Waals surface area contributed by atoms with Gasteiger partial charge in [-0.2, -0.15) is 0 Å². The molecule has 28 heavy (non-hydrogen) atoms. The monoisotopic (exact) mass is 373 g/mol. The Morgan fingerprint density at radius 2 is 1.43 bits per heavy atom. The second kappa shape index (κ2) is 7.52. The lowest BCUT2D eigenvalue weighted by Crippen LogP contribution is -1.93. The number of hydrogen-bond donors (Lipinski definition) is 0. The topological polar surface area (TPSA) is 66.4 Å². The van der Waals surface area contributed by atoms with Crippen LogP contribution < -0.4 is 14.2 Å². The molecule has 0 bridgehead atoms. The van der Waals surface area contributed by atoms with Gasteiger partial charge in [-0.3, -0.25) is 0 Å². The van der Waals surface area contributed by atoms with E-state index < -0.39 is 0 Å². The molecule has 0 atom stereocenters. The van der Waals surface area contributed by atoms with Crippen molar-refractivity contribution >= 4 is 10.9 Å². The van der Waals surface area contributed by atoms with Gasteiger partial charge in [-0.05, 0) is 42.0 Å². The van der Waals surface area contributed by atoms with E-state index in [1.54, 1.807) is 33.9 Å². The Hall–Kier alpha value is -3.67. The number of methoxy groups -OCH3 is 3. The highest BCUT2D eigenvalue weighted by Crippen LogP contribution is 2.35. The van der Waals surface area contributed by atoms with E-state index in [1.807, 2.05) is 42.5 Å². The molecule has 140 valence electrons. The molecule has 6 nitrogen and oxygen atoms in total. The number of hydrogen-bond acceptors (Lipinski definition) is 6. The van der Waals surface area contributed by atoms with Crippen LogP contribution in [-0.2, 0) is 0 Å². The van der Waals surface area contributed by atoms with E-state index in [-0.39, 0.29) is 0 Å². The Balaban J connectivity index is 1.85. The summed E-state index contributed by atoms with van der Waals surface area (Å²) in [6.45, 7) is 0. The van der Waals surface area contributed by atoms with E-state index in [9.17, 15) is 0 Å². The van der Waals surface area contributed by atoms with Crippen LogP contribution in [0.25, 0.3) is 33.3 Å². The molecule has 0 spiro atoms. The number of rotatable bonds is 5. The minimum absolute atomic E-state index is 0.582. The van der Waals surface area contributed by atoms with Crippen LogP contribution in [0.4, 0.5) is 0 Å². The summed E-state index contributed by atoms with van der Waals surface area (Å²) in [6.07, 6.45) is 3.36. The van der Waals surface area contributed by atoms with Crippen LogP contribution in [0.3, 0.4) is 0 Å². The molecule has 0 aliphatic heterocycles. The van der Waals surface area contributed by atoms with Crippen molar-refractivity contribution in [2.24, 2.45) is 0 Å². The molecule has 2 heterocycles. The summed E-state index contributed by atoms with van der Waals surface area (Å²) in [5, 5.41) is 0.947. The minimum Gasteiger partial charge on any atom is -0.493 e. The van der Waals surface area contributed by atoms with Crippen molar-refractivity contribution < 1.29 is 14.2 Å². The number of fused-ring (bicyclic) bond motifs is 1. The number of benzene rings is 2. The smallest absolute Gasteiger partial charge is 0.212 e. The molecule has 0 aliphatic rings. The van der Waals surface area contributed by atoms with E-state index in [4.69, 9.17) is 14.2 Å². The van der Waals surface area contributed by atoms with Crippen molar-refractivity contribution in [2.75, 3.05) is 21.3 Å². The molecule has 0 saturated carbocycles. The second-order valence-electron chi connectivity index (χ2n) is 6.11. The van der Waals surface area contributed by atoms with Crippen LogP contribution >= 0.6 is 0 Å². The third-order valence-electron chi connectivity index (χ3n) is 4.57. The van der Waals surface area contributed by atoms with Gasteiger partial charge in [0.15, 0.2) is 11.5 Å². The van der Waals surface area contributed by atoms with E-state index in [2.05, 4.69) is 21.0 Å². The molecule has 0 unspecified atom stereocenters. The summed E-state index contributed by atoms with van der Waals surface area (Å²) in [7, 11) is 4.84. The quantitative estimate of drug-likeness (QED) is 0.517. The molecule has 0 saturated heterocycles. The Labute approximate surface area is 162 Å². The zero-order valence-electron chi connectivity index (χ0n) is 15.8. The summed E-state index contributed by atoms with van der Waals surface area (Å²) < 4.78 is 15.9. The molecule has 0 N–H and O–H groups in total. The zero-order valence-corrected chi connectivity index (χ0v) is 15.8. The Bertz CT molecular complexity index is 1130. The number of pyridine rings is 1. The zero-order chi connectivity index (χ0) is 19.5. The van der Waals surface area contributed by atoms with Crippen LogP contribution in [0, 0.1) is 0 Å². The van der Waals surface area contributed by atoms with Gasteiger partial charge in [0.2, 0.25) is 5.88 Å². The normalized spacial score (nSPS) is 10.7. The molecule has 4 aromatic rings. The van der Waals surface area contributed by atoms with Gasteiger partial charge in [-0.25, -0.2) is 15.0 Å². The number of ether oxygens (including phenoxy) is 3. The maximum absolute atomic E-state index is 5.44. The van der Waals surface area contributed by atoms with Crippen LogP contribution in [0.15, 0.2) is 61.1 Å². The molecule has 6 heteroatoms. The first-order chi connectivity index (χ1) is 13.7. The van der Waals surface area contributed by atoms with Gasteiger partial charge < -0.3 is 14.2 Å². The van der Waals surface area contributed by atoms with Crippen molar-refractivity contribution in [3.8, 4) is 39.8 Å². The van der Waals surface area contributed by atoms with Crippen LogP contribution in [0.2, 0.25) is 0 Å². The fourth-order valence-electron chi connectivity index (χ4n) is 3.12. The van der Waals surface area contributed by atoms with Gasteiger partial charge in [0, 0.05) is 28.8 Å². The fraction of sp³-hybridized carbons (Fsp3) is 0.136. The molecule has 0 aliphatic carbocycles. The first-order valence-electron chi connectivity index (χ1n) is 8.71. The first-order valence-corrected chi connectivity index (χ1v) is 8.71. The predicted octanol–water partition coefficient (Wildman–Crippen LogP) is 4.38. The van der Waals surface area contributed by atoms with E-state index >= 15 is 0 Å². The van der Waals surface area contributed by atoms with Crippen LogP contribution in [0.1, 0.15) is 0 Å². The predicted molar refractivity (Wildman–Crippen MR) is 108 cm³/mol. The Kier molecular flexibility index (Phi) is 4.76. The fourth-order valence-corrected chi connectivity index (χ4v) is 3.12. The maximum atomic E-state index is 5.44. The van der Waals surface area contributed by atoms with Crippen molar-refractivity contribution in [3.05, 3.63) is 61.1 Å². The average Bonchev–Trinajstić information content (AvgIpc) is 2.78. The third kappa shape index (κ3) is 3.20. The standard InChI is InChI=1S/C22H19N3O3/c1-26-19-8-5-15(11-20(19)27-2)22-17-10-14(4-7-18(17)24-13-25-22)16-6-9-21(28-3)23-12-16/h4-13H,1-3H3. The largest absolute Gasteiger partial charge is 0.493 e. The Morgan fingerprint density at radius 3 is 2.14 bits per heavy atom. The highest BCUT2D eigenvalue weighted by Gasteiger charge is 2.12. The molecule has 0 amide bonds. The van der Waals surface area contributed by atoms with Gasteiger partial charge in [0.05, 0.1) is 32.5 Å². The van der Waals surface area contributed by atoms with Crippen molar-refractivity contribution in [1.29, 1.82) is 0 Å². The van der Waals surface area contributed by atoms with Gasteiger partial charge >= 0.3 is 0 Å². The second-order valence-corrected chi connectivity index (χ2v) is 6.11. The summed E-state index contributed by atoms with van der Waals surface area (Å²) >= 11 is 0. The van der Waals surface area contributed by atoms with Crippen molar-refractivity contribution in [2.45, 2.75) is 0 Å². The Morgan fingerprint density at radius 1 is 0.643 bits per heavy atom. The summed E-state index contributed by atoms with van der Waals surface area (Å²) in [6, 6.07) is 15.7. The maximum Gasteiger partial charge on any atom is 0.212 e. The van der Waals surface area contributed by atoms with Gasteiger partial charge in [-0.15, -0.1) is 0 Å². The van der Waals surface area contributed by atoms with Gasteiger partial charge in [-0.1, -0.05) is 6.07 Å². The van der Waals surface area contributed by atoms with E-state index in [0.717, 1.165) is 33.3 Å².